The fourth-order valence-electron chi connectivity index (χ4n) is 6.56. The Hall–Kier alpha value is -2.94. The van der Waals surface area contributed by atoms with Gasteiger partial charge in [-0.2, -0.15) is 0 Å². The van der Waals surface area contributed by atoms with E-state index < -0.39 is 5.91 Å². The molecule has 0 radical (unpaired) electrons. The minimum atomic E-state index is -0.513. The second-order valence-electron chi connectivity index (χ2n) is 11.3. The maximum absolute atomic E-state index is 13.4. The predicted molar refractivity (Wildman–Crippen MR) is 150 cm³/mol. The molecule has 2 saturated carbocycles. The van der Waals surface area contributed by atoms with Gasteiger partial charge in [-0.05, 0) is 91.6 Å². The zero-order valence-electron chi connectivity index (χ0n) is 21.4. The smallest absolute Gasteiger partial charge is 0.252 e. The number of nitrogens with two attached hydrogens (primary N) is 1. The number of nitrogens with one attached hydrogen (secondary N) is 2. The molecule has 1 aromatic heterocycles. The first-order chi connectivity index (χ1) is 18.4. The second kappa shape index (κ2) is 10.3. The van der Waals surface area contributed by atoms with E-state index in [9.17, 15) is 14.4 Å². The van der Waals surface area contributed by atoms with Gasteiger partial charge in [-0.1, -0.05) is 12.8 Å². The number of carbonyl (C=O) groups excluding carboxylic acids is 3. The number of halogens is 1. The molecule has 2 amide bonds. The topological polar surface area (TPSA) is 117 Å². The number of nitrogens with zero attached hydrogens (tertiary/aromatic N) is 2. The van der Waals surface area contributed by atoms with Crippen molar-refractivity contribution in [3.05, 3.63) is 51.6 Å². The highest BCUT2D eigenvalue weighted by Crippen LogP contribution is 2.39. The number of pyridine rings is 1. The van der Waals surface area contributed by atoms with Gasteiger partial charge < -0.3 is 21.3 Å². The Balaban J connectivity index is 1.14. The summed E-state index contributed by atoms with van der Waals surface area (Å²) in [5.74, 6) is 0.661. The number of rotatable bonds is 8. The highest BCUT2D eigenvalue weighted by molar-refractivity contribution is 9.10. The largest absolute Gasteiger partial charge is 0.382 e. The SMILES string of the molecule is NC(=O)c1cc(Br)c(C(=O)NC2C[C@H]3CC[C@@H](C2)N3c2ccc(C(=O)C3CC3)cn2)cc1NC1CCCC1. The summed E-state index contributed by atoms with van der Waals surface area (Å²) in [7, 11) is 0. The molecule has 3 atom stereocenters. The Morgan fingerprint density at radius 1 is 0.921 bits per heavy atom. The van der Waals surface area contributed by atoms with E-state index >= 15 is 0 Å². The lowest BCUT2D eigenvalue weighted by molar-refractivity contribution is 0.0923. The molecule has 6 rings (SSSR count). The average Bonchev–Trinajstić information content (AvgIpc) is 3.56. The first-order valence-electron chi connectivity index (χ1n) is 13.9. The van der Waals surface area contributed by atoms with Crippen molar-refractivity contribution in [2.45, 2.75) is 88.4 Å². The number of Topliss-reactive ketones (excluding diaryl/α,β-unsaturated/α-hetero) is 1. The van der Waals surface area contributed by atoms with E-state index in [1.54, 1.807) is 18.3 Å². The number of hydrogen-bond acceptors (Lipinski definition) is 6. The lowest BCUT2D eigenvalue weighted by Gasteiger charge is -2.40. The molecule has 1 aromatic carbocycles. The van der Waals surface area contributed by atoms with Crippen LogP contribution in [-0.4, -0.2) is 46.7 Å². The van der Waals surface area contributed by atoms with Crippen LogP contribution in [0.4, 0.5) is 11.5 Å². The van der Waals surface area contributed by atoms with E-state index in [2.05, 4.69) is 36.4 Å². The Morgan fingerprint density at radius 2 is 1.63 bits per heavy atom. The molecule has 200 valence electrons. The highest BCUT2D eigenvalue weighted by atomic mass is 79.9. The number of benzene rings is 1. The summed E-state index contributed by atoms with van der Waals surface area (Å²) in [6, 6.07) is 8.27. The molecular weight excluding hydrogens is 546 g/mol. The third-order valence-electron chi connectivity index (χ3n) is 8.65. The van der Waals surface area contributed by atoms with E-state index in [1.807, 2.05) is 12.1 Å². The maximum atomic E-state index is 13.4. The van der Waals surface area contributed by atoms with Crippen molar-refractivity contribution in [3.63, 3.8) is 0 Å². The monoisotopic (exact) mass is 579 g/mol. The van der Waals surface area contributed by atoms with E-state index in [0.29, 0.717) is 45.0 Å². The second-order valence-corrected chi connectivity index (χ2v) is 12.2. The summed E-state index contributed by atoms with van der Waals surface area (Å²) in [6.45, 7) is 0. The number of amides is 2. The van der Waals surface area contributed by atoms with E-state index in [-0.39, 0.29) is 23.7 Å². The Kier molecular flexibility index (Phi) is 6.88. The Labute approximate surface area is 231 Å². The molecule has 2 aromatic rings. The van der Waals surface area contributed by atoms with Crippen LogP contribution < -0.4 is 21.3 Å². The highest BCUT2D eigenvalue weighted by Gasteiger charge is 2.42. The molecule has 2 bridgehead atoms. The van der Waals surface area contributed by atoms with Crippen LogP contribution in [0.25, 0.3) is 0 Å². The van der Waals surface area contributed by atoms with Crippen LogP contribution in [-0.2, 0) is 0 Å². The van der Waals surface area contributed by atoms with Gasteiger partial charge in [0.05, 0.1) is 11.1 Å². The number of carbonyl (C=O) groups is 3. The summed E-state index contributed by atoms with van der Waals surface area (Å²) in [5.41, 5.74) is 7.88. The zero-order chi connectivity index (χ0) is 26.4. The number of hydrogen-bond donors (Lipinski definition) is 3. The number of anilines is 2. The van der Waals surface area contributed by atoms with Crippen LogP contribution >= 0.6 is 15.9 Å². The van der Waals surface area contributed by atoms with Crippen molar-refractivity contribution in [2.24, 2.45) is 11.7 Å². The fraction of sp³-hybridized carbons (Fsp3) is 0.517. The number of fused-ring (bicyclic) bond motifs is 2. The van der Waals surface area contributed by atoms with Crippen molar-refractivity contribution in [1.29, 1.82) is 0 Å². The van der Waals surface area contributed by atoms with Crippen molar-refractivity contribution in [3.8, 4) is 0 Å². The molecule has 3 heterocycles. The predicted octanol–water partition coefficient (Wildman–Crippen LogP) is 4.82. The molecule has 2 saturated heterocycles. The minimum absolute atomic E-state index is 0.0564. The Morgan fingerprint density at radius 3 is 2.24 bits per heavy atom. The lowest BCUT2D eigenvalue weighted by atomic mass is 9.96. The maximum Gasteiger partial charge on any atom is 0.252 e. The van der Waals surface area contributed by atoms with Gasteiger partial charge in [0, 0.05) is 52.0 Å². The van der Waals surface area contributed by atoms with Crippen molar-refractivity contribution >= 4 is 45.0 Å². The first kappa shape index (κ1) is 25.3. The summed E-state index contributed by atoms with van der Waals surface area (Å²) >= 11 is 3.50. The summed E-state index contributed by atoms with van der Waals surface area (Å²) < 4.78 is 0.561. The number of primary amides is 1. The molecule has 4 N–H and O–H groups in total. The quantitative estimate of drug-likeness (QED) is 0.386. The fourth-order valence-corrected chi connectivity index (χ4v) is 7.08. The minimum Gasteiger partial charge on any atom is -0.382 e. The third kappa shape index (κ3) is 5.05. The molecule has 38 heavy (non-hydrogen) atoms. The summed E-state index contributed by atoms with van der Waals surface area (Å²) in [6.07, 6.45) is 11.9. The van der Waals surface area contributed by atoms with Crippen LogP contribution in [0.1, 0.15) is 95.3 Å². The molecule has 4 aliphatic rings. The normalized spacial score (nSPS) is 24.9. The van der Waals surface area contributed by atoms with Crippen molar-refractivity contribution < 1.29 is 14.4 Å². The molecular formula is C29H34BrN5O3. The van der Waals surface area contributed by atoms with Crippen LogP contribution in [0.2, 0.25) is 0 Å². The molecule has 2 aliphatic carbocycles. The van der Waals surface area contributed by atoms with Gasteiger partial charge in [-0.15, -0.1) is 0 Å². The standard InChI is InChI=1S/C29H34BrN5O3/c30-24-13-23(28(31)37)25(33-18-3-1-2-4-18)14-22(24)29(38)34-19-11-20-8-9-21(12-19)35(20)26-10-7-17(15-32-26)27(36)16-5-6-16/h7,10,13-16,18-21,33H,1-6,8-9,11-12H2,(H2,31,37)(H,34,38)/t19?,20-,21+. The number of aromatic nitrogens is 1. The third-order valence-corrected chi connectivity index (χ3v) is 9.30. The van der Waals surface area contributed by atoms with Crippen molar-refractivity contribution in [2.75, 3.05) is 10.2 Å². The number of piperidine rings is 1. The van der Waals surface area contributed by atoms with E-state index in [1.165, 1.54) is 0 Å². The van der Waals surface area contributed by atoms with Gasteiger partial charge in [0.2, 0.25) is 0 Å². The van der Waals surface area contributed by atoms with Crippen LogP contribution in [0.15, 0.2) is 34.9 Å². The number of ketones is 1. The van der Waals surface area contributed by atoms with Crippen LogP contribution in [0.3, 0.4) is 0 Å². The van der Waals surface area contributed by atoms with Gasteiger partial charge >= 0.3 is 0 Å². The zero-order valence-corrected chi connectivity index (χ0v) is 23.0. The van der Waals surface area contributed by atoms with E-state index in [4.69, 9.17) is 5.73 Å². The van der Waals surface area contributed by atoms with Gasteiger partial charge in [0.15, 0.2) is 5.78 Å². The molecule has 4 fully saturated rings. The lowest BCUT2D eigenvalue weighted by Crippen LogP contribution is -2.50. The average molecular weight is 581 g/mol. The van der Waals surface area contributed by atoms with Crippen LogP contribution in [0, 0.1) is 5.92 Å². The molecule has 0 spiro atoms. The van der Waals surface area contributed by atoms with Gasteiger partial charge in [-0.3, -0.25) is 14.4 Å². The Bertz CT molecular complexity index is 1240. The summed E-state index contributed by atoms with van der Waals surface area (Å²) in [5, 5.41) is 6.71. The first-order valence-corrected chi connectivity index (χ1v) is 14.7. The molecule has 8 nitrogen and oxygen atoms in total. The molecule has 1 unspecified atom stereocenters. The summed E-state index contributed by atoms with van der Waals surface area (Å²) in [4.78, 5) is 44.9. The van der Waals surface area contributed by atoms with Gasteiger partial charge in [-0.25, -0.2) is 4.98 Å². The van der Waals surface area contributed by atoms with Crippen molar-refractivity contribution in [1.82, 2.24) is 10.3 Å². The van der Waals surface area contributed by atoms with Gasteiger partial charge in [0.1, 0.15) is 5.82 Å². The van der Waals surface area contributed by atoms with Crippen LogP contribution in [0.5, 0.6) is 0 Å². The van der Waals surface area contributed by atoms with Gasteiger partial charge in [0.25, 0.3) is 11.8 Å². The molecule has 9 heteroatoms. The molecule has 2 aliphatic heterocycles. The van der Waals surface area contributed by atoms with E-state index in [0.717, 1.165) is 70.0 Å².